The largest absolute Gasteiger partial charge is 0.376 e. The first kappa shape index (κ1) is 14.0. The standard InChI is InChI=1S/C15H17N3O2S/c19-15(17-10-13-5-2-7-20-13)18-12-4-1-3-11(9-12)14-16-6-8-21-14/h1,3-4,6,8-9,13H,2,5,7,10H2,(H2,17,18,19). The second-order valence-corrected chi connectivity index (χ2v) is 5.78. The van der Waals surface area contributed by atoms with E-state index in [1.54, 1.807) is 17.5 Å². The van der Waals surface area contributed by atoms with E-state index < -0.39 is 0 Å². The molecule has 1 unspecified atom stereocenters. The van der Waals surface area contributed by atoms with E-state index in [1.165, 1.54) is 0 Å². The molecule has 1 aromatic carbocycles. The van der Waals surface area contributed by atoms with E-state index >= 15 is 0 Å². The third kappa shape index (κ3) is 3.80. The van der Waals surface area contributed by atoms with Gasteiger partial charge in [0.05, 0.1) is 6.10 Å². The number of aromatic nitrogens is 1. The smallest absolute Gasteiger partial charge is 0.319 e. The molecule has 1 aliphatic rings. The predicted octanol–water partition coefficient (Wildman–Crippen LogP) is 3.11. The fourth-order valence-corrected chi connectivity index (χ4v) is 2.92. The van der Waals surface area contributed by atoms with E-state index in [-0.39, 0.29) is 12.1 Å². The molecule has 1 saturated heterocycles. The monoisotopic (exact) mass is 303 g/mol. The van der Waals surface area contributed by atoms with Gasteiger partial charge in [-0.05, 0) is 25.0 Å². The van der Waals surface area contributed by atoms with Gasteiger partial charge in [0.15, 0.2) is 0 Å². The highest BCUT2D eigenvalue weighted by Crippen LogP contribution is 2.24. The summed E-state index contributed by atoms with van der Waals surface area (Å²) in [6, 6.07) is 7.47. The van der Waals surface area contributed by atoms with Crippen LogP contribution in [0.25, 0.3) is 10.6 Å². The Morgan fingerprint density at radius 1 is 1.48 bits per heavy atom. The maximum atomic E-state index is 11.9. The molecule has 0 spiro atoms. The summed E-state index contributed by atoms with van der Waals surface area (Å²) < 4.78 is 5.47. The maximum Gasteiger partial charge on any atom is 0.319 e. The average molecular weight is 303 g/mol. The number of rotatable bonds is 4. The van der Waals surface area contributed by atoms with Crippen molar-refractivity contribution in [1.82, 2.24) is 10.3 Å². The van der Waals surface area contributed by atoms with Crippen molar-refractivity contribution >= 4 is 23.1 Å². The number of hydrogen-bond donors (Lipinski definition) is 2. The average Bonchev–Trinajstić information content (AvgIpc) is 3.19. The van der Waals surface area contributed by atoms with Gasteiger partial charge in [-0.3, -0.25) is 0 Å². The third-order valence-electron chi connectivity index (χ3n) is 3.31. The number of hydrogen-bond acceptors (Lipinski definition) is 4. The van der Waals surface area contributed by atoms with Crippen LogP contribution in [0.2, 0.25) is 0 Å². The van der Waals surface area contributed by atoms with Gasteiger partial charge in [0.25, 0.3) is 0 Å². The molecule has 1 fully saturated rings. The summed E-state index contributed by atoms with van der Waals surface area (Å²) >= 11 is 1.57. The summed E-state index contributed by atoms with van der Waals surface area (Å²) in [6.07, 6.45) is 4.01. The lowest BCUT2D eigenvalue weighted by atomic mass is 10.2. The Hall–Kier alpha value is -1.92. The van der Waals surface area contributed by atoms with Crippen molar-refractivity contribution in [3.8, 4) is 10.6 Å². The van der Waals surface area contributed by atoms with Crippen molar-refractivity contribution in [2.45, 2.75) is 18.9 Å². The van der Waals surface area contributed by atoms with Crippen LogP contribution < -0.4 is 10.6 Å². The number of ether oxygens (including phenoxy) is 1. The first-order valence-electron chi connectivity index (χ1n) is 6.97. The SMILES string of the molecule is O=C(NCC1CCCO1)Nc1cccc(-c2nccs2)c1. The number of carbonyl (C=O) groups is 1. The lowest BCUT2D eigenvalue weighted by Gasteiger charge is -2.12. The summed E-state index contributed by atoms with van der Waals surface area (Å²) in [5, 5.41) is 8.56. The minimum absolute atomic E-state index is 0.150. The van der Waals surface area contributed by atoms with Crippen LogP contribution in [-0.2, 0) is 4.74 Å². The highest BCUT2D eigenvalue weighted by atomic mass is 32.1. The zero-order valence-corrected chi connectivity index (χ0v) is 12.4. The summed E-state index contributed by atoms with van der Waals surface area (Å²) in [5.41, 5.74) is 1.76. The maximum absolute atomic E-state index is 11.9. The second kappa shape index (κ2) is 6.69. The minimum atomic E-state index is -0.207. The molecule has 0 bridgehead atoms. The van der Waals surface area contributed by atoms with Gasteiger partial charge in [0, 0.05) is 36.0 Å². The number of nitrogens with one attached hydrogen (secondary N) is 2. The zero-order chi connectivity index (χ0) is 14.5. The predicted molar refractivity (Wildman–Crippen MR) is 83.5 cm³/mol. The van der Waals surface area contributed by atoms with Crippen LogP contribution in [0.4, 0.5) is 10.5 Å². The molecule has 3 rings (SSSR count). The Bertz CT molecular complexity index is 595. The molecular formula is C15H17N3O2S. The van der Waals surface area contributed by atoms with E-state index in [0.717, 1.165) is 35.7 Å². The molecular weight excluding hydrogens is 286 g/mol. The van der Waals surface area contributed by atoms with Crippen LogP contribution in [0.3, 0.4) is 0 Å². The zero-order valence-electron chi connectivity index (χ0n) is 11.5. The van der Waals surface area contributed by atoms with E-state index in [1.807, 2.05) is 29.6 Å². The van der Waals surface area contributed by atoms with Crippen LogP contribution in [0.5, 0.6) is 0 Å². The van der Waals surface area contributed by atoms with Gasteiger partial charge in [-0.15, -0.1) is 11.3 Å². The topological polar surface area (TPSA) is 63.2 Å². The molecule has 0 aliphatic carbocycles. The normalized spacial score (nSPS) is 17.6. The molecule has 0 saturated carbocycles. The lowest BCUT2D eigenvalue weighted by molar-refractivity contribution is 0.112. The molecule has 21 heavy (non-hydrogen) atoms. The Labute approximate surface area is 127 Å². The quantitative estimate of drug-likeness (QED) is 0.912. The number of carbonyl (C=O) groups excluding carboxylic acids is 1. The van der Waals surface area contributed by atoms with E-state index in [2.05, 4.69) is 15.6 Å². The van der Waals surface area contributed by atoms with Gasteiger partial charge >= 0.3 is 6.03 Å². The first-order chi connectivity index (χ1) is 10.3. The Balaban J connectivity index is 1.56. The summed E-state index contributed by atoms with van der Waals surface area (Å²) in [4.78, 5) is 16.1. The van der Waals surface area contributed by atoms with Gasteiger partial charge in [0.2, 0.25) is 0 Å². The molecule has 1 atom stereocenters. The summed E-state index contributed by atoms with van der Waals surface area (Å²) in [5.74, 6) is 0. The number of urea groups is 1. The molecule has 2 aromatic rings. The highest BCUT2D eigenvalue weighted by molar-refractivity contribution is 7.13. The van der Waals surface area contributed by atoms with Gasteiger partial charge in [-0.2, -0.15) is 0 Å². The number of thiazole rings is 1. The van der Waals surface area contributed by atoms with Crippen molar-refractivity contribution in [1.29, 1.82) is 0 Å². The molecule has 2 amide bonds. The van der Waals surface area contributed by atoms with Crippen LogP contribution in [0, 0.1) is 0 Å². The van der Waals surface area contributed by atoms with Crippen LogP contribution >= 0.6 is 11.3 Å². The fraction of sp³-hybridized carbons (Fsp3) is 0.333. The number of anilines is 1. The fourth-order valence-electron chi connectivity index (χ4n) is 2.28. The van der Waals surface area contributed by atoms with Gasteiger partial charge in [-0.1, -0.05) is 12.1 Å². The molecule has 2 heterocycles. The van der Waals surface area contributed by atoms with Crippen molar-refractivity contribution in [3.05, 3.63) is 35.8 Å². The number of nitrogens with zero attached hydrogens (tertiary/aromatic N) is 1. The van der Waals surface area contributed by atoms with Gasteiger partial charge in [-0.25, -0.2) is 9.78 Å². The number of amides is 2. The van der Waals surface area contributed by atoms with E-state index in [9.17, 15) is 4.79 Å². The van der Waals surface area contributed by atoms with Crippen LogP contribution in [-0.4, -0.2) is 30.3 Å². The molecule has 1 aromatic heterocycles. The molecule has 0 radical (unpaired) electrons. The van der Waals surface area contributed by atoms with Crippen molar-refractivity contribution < 1.29 is 9.53 Å². The van der Waals surface area contributed by atoms with E-state index in [4.69, 9.17) is 4.74 Å². The summed E-state index contributed by atoms with van der Waals surface area (Å²) in [7, 11) is 0. The second-order valence-electron chi connectivity index (χ2n) is 4.89. The van der Waals surface area contributed by atoms with Gasteiger partial charge in [0.1, 0.15) is 5.01 Å². The molecule has 6 heteroatoms. The first-order valence-corrected chi connectivity index (χ1v) is 7.85. The lowest BCUT2D eigenvalue weighted by Crippen LogP contribution is -2.35. The van der Waals surface area contributed by atoms with Crippen molar-refractivity contribution in [3.63, 3.8) is 0 Å². The Morgan fingerprint density at radius 3 is 3.19 bits per heavy atom. The molecule has 110 valence electrons. The molecule has 1 aliphatic heterocycles. The van der Waals surface area contributed by atoms with Crippen molar-refractivity contribution in [2.24, 2.45) is 0 Å². The minimum Gasteiger partial charge on any atom is -0.376 e. The summed E-state index contributed by atoms with van der Waals surface area (Å²) in [6.45, 7) is 1.35. The third-order valence-corrected chi connectivity index (χ3v) is 4.14. The van der Waals surface area contributed by atoms with Crippen molar-refractivity contribution in [2.75, 3.05) is 18.5 Å². The molecule has 2 N–H and O–H groups in total. The van der Waals surface area contributed by atoms with Crippen LogP contribution in [0.1, 0.15) is 12.8 Å². The van der Waals surface area contributed by atoms with Crippen LogP contribution in [0.15, 0.2) is 35.8 Å². The highest BCUT2D eigenvalue weighted by Gasteiger charge is 2.16. The Kier molecular flexibility index (Phi) is 4.47. The Morgan fingerprint density at radius 2 is 2.43 bits per heavy atom. The number of benzene rings is 1. The van der Waals surface area contributed by atoms with Gasteiger partial charge < -0.3 is 15.4 Å². The van der Waals surface area contributed by atoms with E-state index in [0.29, 0.717) is 6.54 Å². The molecule has 5 nitrogen and oxygen atoms in total.